The number of nitrogens with two attached hydrogens (primary N) is 1. The lowest BCUT2D eigenvalue weighted by Crippen LogP contribution is -2.41. The highest BCUT2D eigenvalue weighted by Gasteiger charge is 2.38. The Bertz CT molecular complexity index is 1610. The van der Waals surface area contributed by atoms with Crippen molar-refractivity contribution in [1.29, 1.82) is 0 Å². The summed E-state index contributed by atoms with van der Waals surface area (Å²) in [6.45, 7) is 4.66. The maximum atomic E-state index is 13.8. The number of Topliss-reactive ketones (excluding diaryl/α,β-unsaturated/α-hetero) is 1. The second-order valence-corrected chi connectivity index (χ2v) is 12.5. The fourth-order valence-electron chi connectivity index (χ4n) is 4.96. The molecular weight excluding hydrogens is 599 g/mol. The lowest BCUT2D eigenvalue weighted by atomic mass is 9.90. The predicted octanol–water partition coefficient (Wildman–Crippen LogP) is 4.91. The van der Waals surface area contributed by atoms with E-state index in [4.69, 9.17) is 20.6 Å². The minimum absolute atomic E-state index is 0.161. The van der Waals surface area contributed by atoms with Gasteiger partial charge in [0.15, 0.2) is 22.1 Å². The molecule has 1 fully saturated rings. The van der Waals surface area contributed by atoms with Crippen LogP contribution in [0.25, 0.3) is 11.2 Å². The van der Waals surface area contributed by atoms with E-state index in [9.17, 15) is 27.6 Å². The van der Waals surface area contributed by atoms with Gasteiger partial charge in [0, 0.05) is 30.4 Å². The number of benzene rings is 1. The summed E-state index contributed by atoms with van der Waals surface area (Å²) in [5.41, 5.74) is 7.55. The standard InChI is InChI=1S/C28H37N5O3S.C2HF3O2/c1-20(2)14-17-32-23-24(30-26(32)37-28(19-29)15-10-5-4-6-11-16-28)31(3)27(36)33(25(23)35)18-22(34)21-12-8-7-9-13-21;3-2(4,5)1(6)7/h7-9,12-14H,4-6,10-11,15-19,29H2,1-3H3;(H,6,7). The van der Waals surface area contributed by atoms with Crippen LogP contribution in [0.2, 0.25) is 0 Å². The normalized spacial score (nSPS) is 15.1. The molecule has 0 amide bonds. The molecule has 0 saturated heterocycles. The van der Waals surface area contributed by atoms with Crippen molar-refractivity contribution in [3.63, 3.8) is 0 Å². The fraction of sp³-hybridized carbons (Fsp3) is 0.500. The van der Waals surface area contributed by atoms with Crippen molar-refractivity contribution < 1.29 is 27.9 Å². The van der Waals surface area contributed by atoms with E-state index in [1.54, 1.807) is 43.1 Å². The first-order chi connectivity index (χ1) is 20.7. The van der Waals surface area contributed by atoms with Crippen LogP contribution in [0, 0.1) is 0 Å². The first kappa shape index (κ1) is 34.8. The topological polar surface area (TPSA) is 142 Å². The van der Waals surface area contributed by atoms with Crippen LogP contribution in [0.15, 0.2) is 56.7 Å². The Morgan fingerprint density at radius 3 is 2.14 bits per heavy atom. The lowest BCUT2D eigenvalue weighted by Gasteiger charge is -2.33. The molecule has 14 heteroatoms. The van der Waals surface area contributed by atoms with E-state index < -0.39 is 23.4 Å². The molecule has 0 unspecified atom stereocenters. The number of aryl methyl sites for hydroxylation is 1. The lowest BCUT2D eigenvalue weighted by molar-refractivity contribution is -0.192. The molecule has 4 rings (SSSR count). The van der Waals surface area contributed by atoms with Crippen LogP contribution in [0.5, 0.6) is 0 Å². The van der Waals surface area contributed by atoms with E-state index in [2.05, 4.69) is 0 Å². The van der Waals surface area contributed by atoms with E-state index >= 15 is 0 Å². The zero-order valence-corrected chi connectivity index (χ0v) is 25.8. The van der Waals surface area contributed by atoms with Crippen LogP contribution in [0.1, 0.15) is 69.2 Å². The van der Waals surface area contributed by atoms with Gasteiger partial charge in [0.1, 0.15) is 0 Å². The Morgan fingerprint density at radius 1 is 1.05 bits per heavy atom. The predicted molar refractivity (Wildman–Crippen MR) is 163 cm³/mol. The zero-order valence-electron chi connectivity index (χ0n) is 25.0. The summed E-state index contributed by atoms with van der Waals surface area (Å²) < 4.78 is 35.9. The van der Waals surface area contributed by atoms with Crippen LogP contribution >= 0.6 is 11.8 Å². The number of fused-ring (bicyclic) bond motifs is 1. The van der Waals surface area contributed by atoms with Crippen molar-refractivity contribution in [2.45, 2.75) is 88.0 Å². The molecule has 1 aliphatic carbocycles. The number of rotatable bonds is 8. The number of hydrogen-bond donors (Lipinski definition) is 2. The van der Waals surface area contributed by atoms with Crippen molar-refractivity contribution in [3.8, 4) is 0 Å². The van der Waals surface area contributed by atoms with E-state index in [1.165, 1.54) is 23.8 Å². The summed E-state index contributed by atoms with van der Waals surface area (Å²) in [4.78, 5) is 53.7. The second kappa shape index (κ2) is 14.9. The molecule has 2 heterocycles. The number of imidazole rings is 1. The number of aliphatic carboxylic acids is 1. The van der Waals surface area contributed by atoms with E-state index in [-0.39, 0.29) is 17.1 Å². The van der Waals surface area contributed by atoms with Crippen LogP contribution in [-0.2, 0) is 24.9 Å². The van der Waals surface area contributed by atoms with Gasteiger partial charge in [-0.2, -0.15) is 13.2 Å². The van der Waals surface area contributed by atoms with E-state index in [1.807, 2.05) is 30.6 Å². The Morgan fingerprint density at radius 2 is 1.61 bits per heavy atom. The van der Waals surface area contributed by atoms with Gasteiger partial charge < -0.3 is 15.4 Å². The number of carboxylic acids is 1. The van der Waals surface area contributed by atoms with Crippen molar-refractivity contribution in [1.82, 2.24) is 18.7 Å². The Hall–Kier alpha value is -3.65. The van der Waals surface area contributed by atoms with Gasteiger partial charge in [-0.25, -0.2) is 14.6 Å². The highest BCUT2D eigenvalue weighted by molar-refractivity contribution is 8.00. The largest absolute Gasteiger partial charge is 0.490 e. The quantitative estimate of drug-likeness (QED) is 0.262. The monoisotopic (exact) mass is 637 g/mol. The number of ketones is 1. The maximum Gasteiger partial charge on any atom is 0.490 e. The smallest absolute Gasteiger partial charge is 0.475 e. The Balaban J connectivity index is 0.000000676. The van der Waals surface area contributed by atoms with Crippen LogP contribution < -0.4 is 17.0 Å². The summed E-state index contributed by atoms with van der Waals surface area (Å²) in [6, 6.07) is 8.71. The summed E-state index contributed by atoms with van der Waals surface area (Å²) in [6.07, 6.45) is 4.84. The highest BCUT2D eigenvalue weighted by Crippen LogP contribution is 2.42. The molecule has 240 valence electrons. The van der Waals surface area contributed by atoms with Gasteiger partial charge in [-0.15, -0.1) is 0 Å². The number of allylic oxidation sites excluding steroid dienone is 2. The number of aromatic nitrogens is 4. The van der Waals surface area contributed by atoms with Gasteiger partial charge in [0.2, 0.25) is 0 Å². The van der Waals surface area contributed by atoms with E-state index in [0.29, 0.717) is 35.0 Å². The molecular formula is C30H38F3N5O5S. The maximum absolute atomic E-state index is 13.8. The van der Waals surface area contributed by atoms with Crippen molar-refractivity contribution in [2.75, 3.05) is 6.54 Å². The molecule has 0 radical (unpaired) electrons. The molecule has 0 atom stereocenters. The highest BCUT2D eigenvalue weighted by atomic mass is 32.2. The van der Waals surface area contributed by atoms with Gasteiger partial charge >= 0.3 is 17.8 Å². The summed E-state index contributed by atoms with van der Waals surface area (Å²) in [5.74, 6) is -3.05. The molecule has 44 heavy (non-hydrogen) atoms. The average Bonchev–Trinajstić information content (AvgIpc) is 3.32. The molecule has 1 saturated carbocycles. The molecule has 0 spiro atoms. The minimum Gasteiger partial charge on any atom is -0.475 e. The summed E-state index contributed by atoms with van der Waals surface area (Å²) in [7, 11) is 1.61. The molecule has 2 aromatic heterocycles. The first-order valence-corrected chi connectivity index (χ1v) is 15.1. The first-order valence-electron chi connectivity index (χ1n) is 14.3. The summed E-state index contributed by atoms with van der Waals surface area (Å²) in [5, 5.41) is 7.82. The van der Waals surface area contributed by atoms with Gasteiger partial charge in [0.05, 0.1) is 6.54 Å². The number of carbonyl (C=O) groups excluding carboxylic acids is 1. The number of carboxylic acid groups (broad SMARTS) is 1. The van der Waals surface area contributed by atoms with Gasteiger partial charge in [-0.05, 0) is 26.7 Å². The van der Waals surface area contributed by atoms with Crippen molar-refractivity contribution in [3.05, 3.63) is 68.4 Å². The van der Waals surface area contributed by atoms with Crippen molar-refractivity contribution >= 4 is 34.7 Å². The Kier molecular flexibility index (Phi) is 11.8. The molecule has 10 nitrogen and oxygen atoms in total. The number of hydrogen-bond acceptors (Lipinski definition) is 7. The third-order valence-electron chi connectivity index (χ3n) is 7.46. The third-order valence-corrected chi connectivity index (χ3v) is 8.97. The van der Waals surface area contributed by atoms with Gasteiger partial charge in [0.25, 0.3) is 5.56 Å². The molecule has 1 aromatic carbocycles. The molecule has 3 N–H and O–H groups in total. The second-order valence-electron chi connectivity index (χ2n) is 11.0. The van der Waals surface area contributed by atoms with E-state index in [0.717, 1.165) is 35.8 Å². The SMILES string of the molecule is CC(C)=CCn1c(SC2(CN)CCCCCCC2)nc2c1c(=O)n(CC(=O)c1ccccc1)c(=O)n2C.O=C(O)C(F)(F)F. The van der Waals surface area contributed by atoms with Crippen molar-refractivity contribution in [2.24, 2.45) is 12.8 Å². The van der Waals surface area contributed by atoms with Crippen LogP contribution in [0.3, 0.4) is 0 Å². The molecule has 0 bridgehead atoms. The number of nitrogens with zero attached hydrogens (tertiary/aromatic N) is 4. The Labute approximate surface area is 256 Å². The number of alkyl halides is 3. The summed E-state index contributed by atoms with van der Waals surface area (Å²) >= 11 is 1.65. The zero-order chi connectivity index (χ0) is 32.7. The average molecular weight is 638 g/mol. The molecule has 3 aromatic rings. The number of halogens is 3. The van der Waals surface area contributed by atoms with Crippen LogP contribution in [-0.4, -0.2) is 53.0 Å². The van der Waals surface area contributed by atoms with Gasteiger partial charge in [-0.3, -0.25) is 18.7 Å². The van der Waals surface area contributed by atoms with Crippen LogP contribution in [0.4, 0.5) is 13.2 Å². The number of carbonyl (C=O) groups is 2. The van der Waals surface area contributed by atoms with Gasteiger partial charge in [-0.1, -0.05) is 85.8 Å². The molecule has 0 aliphatic heterocycles. The number of thioether (sulfide) groups is 1. The minimum atomic E-state index is -5.08. The third kappa shape index (κ3) is 8.50. The fourth-order valence-corrected chi connectivity index (χ4v) is 6.33. The molecule has 1 aliphatic rings.